The van der Waals surface area contributed by atoms with E-state index in [1.807, 2.05) is 13.0 Å². The zero-order valence-corrected chi connectivity index (χ0v) is 21.2. The van der Waals surface area contributed by atoms with Gasteiger partial charge in [0.25, 0.3) is 11.7 Å². The maximum Gasteiger partial charge on any atom is 0.310 e. The number of nitrogens with zero attached hydrogens (tertiary/aromatic N) is 1. The Morgan fingerprint density at radius 2 is 1.68 bits per heavy atom. The van der Waals surface area contributed by atoms with Crippen LogP contribution < -0.4 is 9.64 Å². The minimum absolute atomic E-state index is 0.0812. The quantitative estimate of drug-likeness (QED) is 0.183. The molecule has 1 aliphatic heterocycles. The normalized spacial score (nSPS) is 16.6. The highest BCUT2D eigenvalue weighted by Crippen LogP contribution is 2.43. The van der Waals surface area contributed by atoms with E-state index in [0.717, 1.165) is 0 Å². The number of carbonyl (C=O) groups is 3. The van der Waals surface area contributed by atoms with Crippen molar-refractivity contribution >= 4 is 40.7 Å². The summed E-state index contributed by atoms with van der Waals surface area (Å²) in [6.07, 6.45) is 0.0870. The van der Waals surface area contributed by atoms with Crippen molar-refractivity contribution < 1.29 is 29.0 Å². The molecule has 0 aromatic heterocycles. The van der Waals surface area contributed by atoms with Crippen LogP contribution in [0.3, 0.4) is 0 Å². The van der Waals surface area contributed by atoms with Gasteiger partial charge in [0.1, 0.15) is 11.5 Å². The van der Waals surface area contributed by atoms with Gasteiger partial charge >= 0.3 is 5.97 Å². The van der Waals surface area contributed by atoms with E-state index in [1.54, 1.807) is 73.7 Å². The van der Waals surface area contributed by atoms with Crippen molar-refractivity contribution in [1.29, 1.82) is 0 Å². The number of aliphatic hydroxyl groups excluding tert-OH is 1. The molecule has 1 aliphatic rings. The number of anilines is 1. The number of hydrogen-bond acceptors (Lipinski definition) is 6. The van der Waals surface area contributed by atoms with Crippen molar-refractivity contribution in [3.63, 3.8) is 0 Å². The highest BCUT2D eigenvalue weighted by Gasteiger charge is 2.47. The third-order valence-electron chi connectivity index (χ3n) is 5.93. The molecule has 37 heavy (non-hydrogen) atoms. The smallest absolute Gasteiger partial charge is 0.310 e. The first-order valence-electron chi connectivity index (χ1n) is 11.9. The zero-order chi connectivity index (χ0) is 26.5. The maximum absolute atomic E-state index is 13.3. The number of rotatable bonds is 8. The van der Waals surface area contributed by atoms with E-state index in [9.17, 15) is 19.5 Å². The van der Waals surface area contributed by atoms with Gasteiger partial charge in [0.15, 0.2) is 0 Å². The van der Waals surface area contributed by atoms with Crippen LogP contribution in [0.15, 0.2) is 78.4 Å². The van der Waals surface area contributed by atoms with Crippen LogP contribution in [0.1, 0.15) is 36.6 Å². The van der Waals surface area contributed by atoms with Crippen molar-refractivity contribution in [2.45, 2.75) is 26.3 Å². The lowest BCUT2D eigenvalue weighted by Crippen LogP contribution is -2.29. The Morgan fingerprint density at radius 3 is 2.32 bits per heavy atom. The molecule has 7 nitrogen and oxygen atoms in total. The van der Waals surface area contributed by atoms with E-state index in [1.165, 1.54) is 4.90 Å². The van der Waals surface area contributed by atoms with Crippen LogP contribution in [0, 0.1) is 0 Å². The molecule has 4 rings (SSSR count). The second-order valence-electron chi connectivity index (χ2n) is 8.30. The van der Waals surface area contributed by atoms with E-state index in [4.69, 9.17) is 21.1 Å². The Hall–Kier alpha value is -4.10. The number of aliphatic hydroxyl groups is 1. The second-order valence-corrected chi connectivity index (χ2v) is 8.71. The molecule has 0 aliphatic carbocycles. The van der Waals surface area contributed by atoms with Crippen LogP contribution in [-0.2, 0) is 25.5 Å². The molecule has 190 valence electrons. The van der Waals surface area contributed by atoms with Crippen LogP contribution in [-0.4, -0.2) is 36.0 Å². The molecule has 1 N–H and O–H groups in total. The van der Waals surface area contributed by atoms with Crippen LogP contribution in [0.4, 0.5) is 5.69 Å². The van der Waals surface area contributed by atoms with Crippen molar-refractivity contribution in [1.82, 2.24) is 0 Å². The lowest BCUT2D eigenvalue weighted by atomic mass is 9.95. The van der Waals surface area contributed by atoms with Crippen LogP contribution >= 0.6 is 11.6 Å². The van der Waals surface area contributed by atoms with Gasteiger partial charge in [0.05, 0.1) is 36.3 Å². The topological polar surface area (TPSA) is 93.1 Å². The first-order chi connectivity index (χ1) is 17.8. The summed E-state index contributed by atoms with van der Waals surface area (Å²) in [6, 6.07) is 19.6. The lowest BCUT2D eigenvalue weighted by molar-refractivity contribution is -0.142. The van der Waals surface area contributed by atoms with E-state index in [-0.39, 0.29) is 40.9 Å². The molecule has 1 amide bonds. The van der Waals surface area contributed by atoms with Gasteiger partial charge in [-0.1, -0.05) is 54.1 Å². The van der Waals surface area contributed by atoms with Gasteiger partial charge in [-0.2, -0.15) is 0 Å². The Kier molecular flexibility index (Phi) is 7.94. The van der Waals surface area contributed by atoms with Gasteiger partial charge in [-0.25, -0.2) is 0 Å². The molecular weight excluding hydrogens is 494 g/mol. The fourth-order valence-corrected chi connectivity index (χ4v) is 4.50. The van der Waals surface area contributed by atoms with Gasteiger partial charge < -0.3 is 14.6 Å². The van der Waals surface area contributed by atoms with E-state index in [0.29, 0.717) is 29.2 Å². The Morgan fingerprint density at radius 1 is 0.973 bits per heavy atom. The second kappa shape index (κ2) is 11.3. The van der Waals surface area contributed by atoms with Crippen molar-refractivity contribution in [3.8, 4) is 5.75 Å². The number of hydrogen-bond donors (Lipinski definition) is 1. The SMILES string of the molecule is CCOC(=O)Cc1ccc(N2C(=O)C(=O)/C(=C(/O)c3cc(OCC)ccc3Cl)C2c2ccccc2)cc1. The first kappa shape index (κ1) is 26.0. The summed E-state index contributed by atoms with van der Waals surface area (Å²) >= 11 is 6.38. The molecule has 3 aromatic rings. The molecule has 1 heterocycles. The molecule has 0 spiro atoms. The van der Waals surface area contributed by atoms with Crippen molar-refractivity contribution in [2.75, 3.05) is 18.1 Å². The maximum atomic E-state index is 13.3. The van der Waals surface area contributed by atoms with E-state index < -0.39 is 17.7 Å². The summed E-state index contributed by atoms with van der Waals surface area (Å²) in [6.45, 7) is 4.26. The van der Waals surface area contributed by atoms with Crippen molar-refractivity contribution in [3.05, 3.63) is 100 Å². The number of ketones is 1. The highest BCUT2D eigenvalue weighted by molar-refractivity contribution is 6.52. The summed E-state index contributed by atoms with van der Waals surface area (Å²) in [5.41, 5.74) is 1.89. The molecule has 3 aromatic carbocycles. The van der Waals surface area contributed by atoms with Crippen LogP contribution in [0.2, 0.25) is 5.02 Å². The third kappa shape index (κ3) is 5.37. The number of esters is 1. The molecule has 1 atom stereocenters. The molecule has 8 heteroatoms. The minimum Gasteiger partial charge on any atom is -0.507 e. The number of amides is 1. The van der Waals surface area contributed by atoms with Crippen molar-refractivity contribution in [2.24, 2.45) is 0 Å². The van der Waals surface area contributed by atoms with Crippen LogP contribution in [0.5, 0.6) is 5.75 Å². The monoisotopic (exact) mass is 519 g/mol. The Labute approximate surface area is 219 Å². The third-order valence-corrected chi connectivity index (χ3v) is 6.26. The summed E-state index contributed by atoms with van der Waals surface area (Å²) < 4.78 is 10.5. The fraction of sp³-hybridized carbons (Fsp3) is 0.207. The number of halogens is 1. The lowest BCUT2D eigenvalue weighted by Gasteiger charge is -2.25. The fourth-order valence-electron chi connectivity index (χ4n) is 4.29. The molecular formula is C29H26ClNO6. The van der Waals surface area contributed by atoms with E-state index >= 15 is 0 Å². The number of benzene rings is 3. The van der Waals surface area contributed by atoms with E-state index in [2.05, 4.69) is 0 Å². The number of carbonyl (C=O) groups excluding carboxylic acids is 3. The first-order valence-corrected chi connectivity index (χ1v) is 12.3. The predicted octanol–water partition coefficient (Wildman–Crippen LogP) is 5.47. The number of ether oxygens (including phenoxy) is 2. The largest absolute Gasteiger partial charge is 0.507 e. The predicted molar refractivity (Wildman–Crippen MR) is 141 cm³/mol. The summed E-state index contributed by atoms with van der Waals surface area (Å²) in [4.78, 5) is 39.9. The van der Waals surface area contributed by atoms with Gasteiger partial charge in [0, 0.05) is 11.3 Å². The Bertz CT molecular complexity index is 1350. The zero-order valence-electron chi connectivity index (χ0n) is 20.4. The molecule has 0 bridgehead atoms. The summed E-state index contributed by atoms with van der Waals surface area (Å²) in [5, 5.41) is 11.6. The average Bonchev–Trinajstić information content (AvgIpc) is 3.16. The molecule has 0 saturated carbocycles. The molecule has 1 fully saturated rings. The van der Waals surface area contributed by atoms with Gasteiger partial charge in [-0.05, 0) is 55.3 Å². The molecule has 0 radical (unpaired) electrons. The standard InChI is InChI=1S/C29H26ClNO6/c1-3-36-21-14-15-23(30)22(17-21)27(33)25-26(19-8-6-5-7-9-19)31(29(35)28(25)34)20-12-10-18(11-13-20)16-24(32)37-4-2/h5-15,17,26,33H,3-4,16H2,1-2H3/b27-25+. The average molecular weight is 520 g/mol. The summed E-state index contributed by atoms with van der Waals surface area (Å²) in [5.74, 6) is -1.90. The minimum atomic E-state index is -0.899. The van der Waals surface area contributed by atoms with Gasteiger partial charge in [-0.3, -0.25) is 19.3 Å². The highest BCUT2D eigenvalue weighted by atomic mass is 35.5. The number of Topliss-reactive ketones (excluding diaryl/α,β-unsaturated/α-hetero) is 1. The van der Waals surface area contributed by atoms with Gasteiger partial charge in [0.2, 0.25) is 0 Å². The van der Waals surface area contributed by atoms with Gasteiger partial charge in [-0.15, -0.1) is 0 Å². The Balaban J connectivity index is 1.82. The molecule has 1 unspecified atom stereocenters. The van der Waals surface area contributed by atoms with Crippen LogP contribution in [0.25, 0.3) is 5.76 Å². The summed E-state index contributed by atoms with van der Waals surface area (Å²) in [7, 11) is 0. The molecule has 1 saturated heterocycles.